The van der Waals surface area contributed by atoms with Crippen LogP contribution < -0.4 is 0 Å². The van der Waals surface area contributed by atoms with Crippen LogP contribution in [0.5, 0.6) is 0 Å². The van der Waals surface area contributed by atoms with Crippen LogP contribution in [0.15, 0.2) is 95.2 Å². The molecule has 47 heavy (non-hydrogen) atoms. The first-order chi connectivity index (χ1) is 21.8. The standard InChI is InChI=1S/C27H22NO.C15H28O2.Ir/c1-27(2,3)23-16-20(15-19-11-7-8-12-21(19)23)26-22-17-25(18-9-5-4-6-10-18)29-24(22)13-14-28-26;1-7-14(5,8-2)12(16)11-13(17)15(6,9-3)10-4;/h4-14,16-17H,1-3H3;11,16H,7-10H2,1-6H3;/q-1;;/b;12-11-;. The molecule has 0 atom stereocenters. The molecule has 0 bridgehead atoms. The number of allylic oxidation sites excluding steroid dienone is 2. The topological polar surface area (TPSA) is 63.3 Å². The van der Waals surface area contributed by atoms with Gasteiger partial charge in [-0.05, 0) is 43.2 Å². The number of rotatable bonds is 9. The molecule has 0 aliphatic rings. The van der Waals surface area contributed by atoms with Crippen molar-refractivity contribution < 1.29 is 34.4 Å². The van der Waals surface area contributed by atoms with Crippen molar-refractivity contribution >= 4 is 27.5 Å². The van der Waals surface area contributed by atoms with Gasteiger partial charge in [-0.3, -0.25) is 9.78 Å². The number of carbonyl (C=O) groups is 1. The molecule has 0 spiro atoms. The fraction of sp³-hybridized carbons (Fsp3) is 0.381. The van der Waals surface area contributed by atoms with Gasteiger partial charge < -0.3 is 9.52 Å². The molecule has 0 saturated heterocycles. The molecule has 1 N–H and O–H groups in total. The van der Waals surface area contributed by atoms with Gasteiger partial charge in [-0.2, -0.15) is 0 Å². The number of aliphatic hydroxyl groups excluding tert-OH is 1. The zero-order valence-corrected chi connectivity index (χ0v) is 31.9. The van der Waals surface area contributed by atoms with E-state index in [0.717, 1.165) is 64.6 Å². The third-order valence-electron chi connectivity index (χ3n) is 9.94. The van der Waals surface area contributed by atoms with E-state index in [1.54, 1.807) is 0 Å². The maximum atomic E-state index is 12.2. The van der Waals surface area contributed by atoms with E-state index in [2.05, 4.69) is 75.4 Å². The van der Waals surface area contributed by atoms with Crippen LogP contribution in [0.1, 0.15) is 93.6 Å². The van der Waals surface area contributed by atoms with E-state index in [0.29, 0.717) is 0 Å². The maximum absolute atomic E-state index is 12.2. The Balaban J connectivity index is 0.000000290. The molecule has 0 saturated carbocycles. The van der Waals surface area contributed by atoms with E-state index >= 15 is 0 Å². The van der Waals surface area contributed by atoms with Gasteiger partial charge in [0.25, 0.3) is 0 Å². The minimum Gasteiger partial charge on any atom is -0.512 e. The zero-order chi connectivity index (χ0) is 33.7. The molecule has 1 radical (unpaired) electrons. The van der Waals surface area contributed by atoms with Crippen molar-refractivity contribution in [2.24, 2.45) is 10.8 Å². The number of aromatic nitrogens is 1. The molecule has 5 heteroatoms. The average Bonchev–Trinajstić information content (AvgIpc) is 3.52. The Morgan fingerprint density at radius 3 is 2.00 bits per heavy atom. The summed E-state index contributed by atoms with van der Waals surface area (Å²) in [4.78, 5) is 16.9. The second-order valence-electron chi connectivity index (χ2n) is 13.9. The van der Waals surface area contributed by atoms with Crippen LogP contribution in [0, 0.1) is 16.9 Å². The number of nitrogens with zero attached hydrogens (tertiary/aromatic N) is 1. The summed E-state index contributed by atoms with van der Waals surface area (Å²) >= 11 is 0. The van der Waals surface area contributed by atoms with Gasteiger partial charge in [0.2, 0.25) is 0 Å². The van der Waals surface area contributed by atoms with Crippen molar-refractivity contribution in [3.8, 4) is 22.6 Å². The zero-order valence-electron chi connectivity index (χ0n) is 29.5. The van der Waals surface area contributed by atoms with E-state index in [4.69, 9.17) is 9.40 Å². The molecule has 0 aliphatic heterocycles. The molecule has 4 nitrogen and oxygen atoms in total. The molecule has 0 fully saturated rings. The number of fused-ring (bicyclic) bond motifs is 2. The van der Waals surface area contributed by atoms with Gasteiger partial charge in [0, 0.05) is 59.9 Å². The molecule has 0 amide bonds. The number of benzene rings is 3. The van der Waals surface area contributed by atoms with E-state index < -0.39 is 0 Å². The molecular formula is C42H50IrNO3-. The Labute approximate surface area is 295 Å². The van der Waals surface area contributed by atoms with E-state index in [-0.39, 0.29) is 47.9 Å². The fourth-order valence-corrected chi connectivity index (χ4v) is 5.58. The predicted molar refractivity (Wildman–Crippen MR) is 193 cm³/mol. The van der Waals surface area contributed by atoms with Gasteiger partial charge in [0.05, 0.1) is 0 Å². The van der Waals surface area contributed by atoms with Gasteiger partial charge in [-0.15, -0.1) is 29.1 Å². The summed E-state index contributed by atoms with van der Waals surface area (Å²) in [6.07, 6.45) is 6.57. The SMILES string of the molecule is CC(C)(C)c1cc(-c2nccc3oc(-c4ccccc4)cc23)[c-]c2ccccc12.CCC(C)(CC)C(=O)/C=C(\O)C(C)(CC)CC.[Ir]. The maximum Gasteiger partial charge on any atom is 0.164 e. The van der Waals surface area contributed by atoms with Crippen molar-refractivity contribution in [3.05, 3.63) is 102 Å². The quantitative estimate of drug-likeness (QED) is 0.0915. The summed E-state index contributed by atoms with van der Waals surface area (Å²) in [7, 11) is 0. The molecule has 2 heterocycles. The third-order valence-corrected chi connectivity index (χ3v) is 9.94. The number of pyridine rings is 1. The summed E-state index contributed by atoms with van der Waals surface area (Å²) in [5, 5.41) is 13.5. The first-order valence-electron chi connectivity index (χ1n) is 16.7. The summed E-state index contributed by atoms with van der Waals surface area (Å²) in [5.74, 6) is 1.14. The van der Waals surface area contributed by atoms with Crippen molar-refractivity contribution in [1.29, 1.82) is 0 Å². The molecule has 3 aromatic carbocycles. The fourth-order valence-electron chi connectivity index (χ4n) is 5.58. The van der Waals surface area contributed by atoms with Crippen LogP contribution in [0.4, 0.5) is 0 Å². The number of hydrogen-bond acceptors (Lipinski definition) is 4. The molecule has 5 rings (SSSR count). The molecule has 5 aromatic rings. The molecular weight excluding hydrogens is 759 g/mol. The van der Waals surface area contributed by atoms with Crippen LogP contribution in [0.25, 0.3) is 44.3 Å². The Morgan fingerprint density at radius 1 is 0.809 bits per heavy atom. The van der Waals surface area contributed by atoms with Crippen molar-refractivity contribution in [2.45, 2.75) is 93.4 Å². The summed E-state index contributed by atoms with van der Waals surface area (Å²) in [6.45, 7) is 18.8. The van der Waals surface area contributed by atoms with Crippen LogP contribution in [0.2, 0.25) is 0 Å². The van der Waals surface area contributed by atoms with Gasteiger partial charge in [0.15, 0.2) is 5.78 Å². The van der Waals surface area contributed by atoms with E-state index in [9.17, 15) is 9.90 Å². The second-order valence-corrected chi connectivity index (χ2v) is 13.9. The van der Waals surface area contributed by atoms with Crippen LogP contribution in [0.3, 0.4) is 0 Å². The van der Waals surface area contributed by atoms with Gasteiger partial charge in [-0.1, -0.05) is 122 Å². The summed E-state index contributed by atoms with van der Waals surface area (Å²) < 4.78 is 6.15. The molecule has 2 aromatic heterocycles. The van der Waals surface area contributed by atoms with Gasteiger partial charge in [0.1, 0.15) is 17.1 Å². The third kappa shape index (κ3) is 8.31. The smallest absolute Gasteiger partial charge is 0.164 e. The number of carbonyl (C=O) groups excluding carboxylic acids is 1. The van der Waals surface area contributed by atoms with Crippen molar-refractivity contribution in [2.75, 3.05) is 0 Å². The summed E-state index contributed by atoms with van der Waals surface area (Å²) in [5.41, 5.74) is 4.52. The summed E-state index contributed by atoms with van der Waals surface area (Å²) in [6, 6.07) is 28.5. The van der Waals surface area contributed by atoms with Gasteiger partial charge >= 0.3 is 0 Å². The van der Waals surface area contributed by atoms with Crippen molar-refractivity contribution in [1.82, 2.24) is 4.98 Å². The predicted octanol–water partition coefficient (Wildman–Crippen LogP) is 12.1. The average molecular weight is 809 g/mol. The minimum atomic E-state index is -0.337. The van der Waals surface area contributed by atoms with Gasteiger partial charge in [-0.25, -0.2) is 0 Å². The van der Waals surface area contributed by atoms with Crippen LogP contribution >= 0.6 is 0 Å². The Bertz CT molecular complexity index is 1820. The second kappa shape index (κ2) is 15.6. The minimum absolute atomic E-state index is 0. The molecule has 0 aliphatic carbocycles. The number of aliphatic hydroxyl groups is 1. The Morgan fingerprint density at radius 2 is 1.40 bits per heavy atom. The largest absolute Gasteiger partial charge is 0.512 e. The Kier molecular flexibility index (Phi) is 12.6. The molecule has 251 valence electrons. The van der Waals surface area contributed by atoms with Crippen LogP contribution in [-0.4, -0.2) is 15.9 Å². The first kappa shape index (κ1) is 37.9. The number of hydrogen-bond donors (Lipinski definition) is 1. The normalized spacial score (nSPS) is 12.4. The monoisotopic (exact) mass is 809 g/mol. The van der Waals surface area contributed by atoms with E-state index in [1.165, 1.54) is 17.0 Å². The number of ketones is 1. The first-order valence-corrected chi connectivity index (χ1v) is 16.7. The van der Waals surface area contributed by atoms with Crippen LogP contribution in [-0.2, 0) is 30.3 Å². The molecule has 0 unspecified atom stereocenters. The Hall–Kier alpha value is -3.53. The van der Waals surface area contributed by atoms with Crippen molar-refractivity contribution in [3.63, 3.8) is 0 Å². The number of furan rings is 1. The van der Waals surface area contributed by atoms with E-state index in [1.807, 2.05) is 72.0 Å².